The van der Waals surface area contributed by atoms with Gasteiger partial charge in [-0.3, -0.25) is 14.5 Å². The third-order valence-electron chi connectivity index (χ3n) is 2.70. The van der Waals surface area contributed by atoms with Gasteiger partial charge in [-0.15, -0.1) is 0 Å². The van der Waals surface area contributed by atoms with Crippen LogP contribution in [-0.2, 0) is 6.54 Å². The Hall–Kier alpha value is -2.89. The van der Waals surface area contributed by atoms with Crippen LogP contribution in [0.4, 0.5) is 5.69 Å². The summed E-state index contributed by atoms with van der Waals surface area (Å²) in [5.74, 6) is 0.653. The lowest BCUT2D eigenvalue weighted by Crippen LogP contribution is -2.10. The number of pyridine rings is 1. The second kappa shape index (κ2) is 5.40. The minimum absolute atomic E-state index is 0.268. The van der Waals surface area contributed by atoms with Crippen LogP contribution in [0.1, 0.15) is 16.3 Å². The lowest BCUT2D eigenvalue weighted by atomic mass is 10.3. The van der Waals surface area contributed by atoms with Crippen LogP contribution in [0.5, 0.6) is 0 Å². The quantitative estimate of drug-likeness (QED) is 0.787. The molecular weight excluding hydrogens is 256 g/mol. The fourth-order valence-electron chi connectivity index (χ4n) is 1.77. The zero-order valence-electron chi connectivity index (χ0n) is 10.6. The summed E-state index contributed by atoms with van der Waals surface area (Å²) in [7, 11) is 0. The number of aromatic nitrogens is 3. The highest BCUT2D eigenvalue weighted by atomic mass is 16.4. The van der Waals surface area contributed by atoms with Crippen molar-refractivity contribution in [2.24, 2.45) is 0 Å². The van der Waals surface area contributed by atoms with E-state index in [-0.39, 0.29) is 11.7 Å². The SMILES string of the molecule is O=C(Nc1ccncc1)c1ccc(Cn2cccn2)o1. The molecule has 1 amide bonds. The summed E-state index contributed by atoms with van der Waals surface area (Å²) in [5, 5.41) is 6.82. The first-order valence-electron chi connectivity index (χ1n) is 6.09. The van der Waals surface area contributed by atoms with Gasteiger partial charge >= 0.3 is 0 Å². The second-order valence-corrected chi connectivity index (χ2v) is 4.16. The number of rotatable bonds is 4. The van der Waals surface area contributed by atoms with Crippen molar-refractivity contribution in [3.8, 4) is 0 Å². The Balaban J connectivity index is 1.68. The third-order valence-corrected chi connectivity index (χ3v) is 2.70. The number of anilines is 1. The van der Waals surface area contributed by atoms with Crippen LogP contribution in [0.15, 0.2) is 59.5 Å². The smallest absolute Gasteiger partial charge is 0.291 e. The fraction of sp³-hybridized carbons (Fsp3) is 0.0714. The highest BCUT2D eigenvalue weighted by Gasteiger charge is 2.11. The van der Waals surface area contributed by atoms with E-state index in [0.717, 1.165) is 0 Å². The molecule has 3 heterocycles. The fourth-order valence-corrected chi connectivity index (χ4v) is 1.77. The molecule has 0 bridgehead atoms. The number of amides is 1. The van der Waals surface area contributed by atoms with E-state index in [1.54, 1.807) is 47.5 Å². The molecular formula is C14H12N4O2. The van der Waals surface area contributed by atoms with E-state index in [0.29, 0.717) is 18.0 Å². The first-order valence-corrected chi connectivity index (χ1v) is 6.09. The van der Waals surface area contributed by atoms with Crippen molar-refractivity contribution in [2.45, 2.75) is 6.54 Å². The van der Waals surface area contributed by atoms with Gasteiger partial charge in [0.05, 0.1) is 6.54 Å². The van der Waals surface area contributed by atoms with E-state index < -0.39 is 0 Å². The van der Waals surface area contributed by atoms with Crippen LogP contribution in [0.2, 0.25) is 0 Å². The average molecular weight is 268 g/mol. The Kier molecular flexibility index (Phi) is 3.28. The molecule has 3 aromatic rings. The molecule has 0 saturated heterocycles. The van der Waals surface area contributed by atoms with Crippen LogP contribution in [0, 0.1) is 0 Å². The molecule has 0 saturated carbocycles. The van der Waals surface area contributed by atoms with Crippen LogP contribution < -0.4 is 5.32 Å². The zero-order valence-corrected chi connectivity index (χ0v) is 10.6. The molecule has 0 aliphatic heterocycles. The number of hydrogen-bond acceptors (Lipinski definition) is 4. The molecule has 3 aromatic heterocycles. The Morgan fingerprint density at radius 2 is 2.05 bits per heavy atom. The maximum atomic E-state index is 12.0. The van der Waals surface area contributed by atoms with Crippen molar-refractivity contribution in [3.05, 3.63) is 66.6 Å². The molecule has 6 heteroatoms. The van der Waals surface area contributed by atoms with Gasteiger partial charge in [-0.05, 0) is 30.3 Å². The standard InChI is InChI=1S/C14H12N4O2/c19-14(17-11-4-7-15-8-5-11)13-3-2-12(20-13)10-18-9-1-6-16-18/h1-9H,10H2,(H,15,17,19). The monoisotopic (exact) mass is 268 g/mol. The van der Waals surface area contributed by atoms with Gasteiger partial charge < -0.3 is 9.73 Å². The van der Waals surface area contributed by atoms with E-state index in [1.165, 1.54) is 0 Å². The van der Waals surface area contributed by atoms with Gasteiger partial charge in [0, 0.05) is 30.5 Å². The number of nitrogens with zero attached hydrogens (tertiary/aromatic N) is 3. The number of hydrogen-bond donors (Lipinski definition) is 1. The van der Waals surface area contributed by atoms with Gasteiger partial charge in [-0.2, -0.15) is 5.10 Å². The summed E-state index contributed by atoms with van der Waals surface area (Å²) in [6.45, 7) is 0.496. The maximum Gasteiger partial charge on any atom is 0.291 e. The Labute approximate surface area is 115 Å². The Morgan fingerprint density at radius 3 is 2.80 bits per heavy atom. The highest BCUT2D eigenvalue weighted by Crippen LogP contribution is 2.12. The molecule has 0 atom stereocenters. The topological polar surface area (TPSA) is 73.0 Å². The lowest BCUT2D eigenvalue weighted by Gasteiger charge is -2.02. The van der Waals surface area contributed by atoms with Crippen molar-refractivity contribution in [1.29, 1.82) is 0 Å². The normalized spacial score (nSPS) is 10.4. The van der Waals surface area contributed by atoms with Crippen LogP contribution in [0.25, 0.3) is 0 Å². The molecule has 100 valence electrons. The van der Waals surface area contributed by atoms with Gasteiger partial charge in [0.2, 0.25) is 0 Å². The number of carbonyl (C=O) groups is 1. The summed E-state index contributed by atoms with van der Waals surface area (Å²) >= 11 is 0. The van der Waals surface area contributed by atoms with Crippen molar-refractivity contribution >= 4 is 11.6 Å². The van der Waals surface area contributed by atoms with Gasteiger partial charge in [0.1, 0.15) is 5.76 Å². The van der Waals surface area contributed by atoms with Gasteiger partial charge in [0.15, 0.2) is 5.76 Å². The van der Waals surface area contributed by atoms with E-state index in [9.17, 15) is 4.79 Å². The van der Waals surface area contributed by atoms with E-state index in [2.05, 4.69) is 15.4 Å². The Morgan fingerprint density at radius 1 is 1.20 bits per heavy atom. The van der Waals surface area contributed by atoms with E-state index in [4.69, 9.17) is 4.42 Å². The van der Waals surface area contributed by atoms with Gasteiger partial charge in [-0.1, -0.05) is 0 Å². The van der Waals surface area contributed by atoms with Crippen molar-refractivity contribution in [1.82, 2.24) is 14.8 Å². The maximum absolute atomic E-state index is 12.0. The molecule has 0 aromatic carbocycles. The van der Waals surface area contributed by atoms with Crippen molar-refractivity contribution in [2.75, 3.05) is 5.32 Å². The minimum Gasteiger partial charge on any atom is -0.454 e. The molecule has 0 spiro atoms. The molecule has 0 radical (unpaired) electrons. The molecule has 1 N–H and O–H groups in total. The van der Waals surface area contributed by atoms with Crippen LogP contribution in [0.3, 0.4) is 0 Å². The second-order valence-electron chi connectivity index (χ2n) is 4.16. The zero-order chi connectivity index (χ0) is 13.8. The van der Waals surface area contributed by atoms with Crippen LogP contribution in [-0.4, -0.2) is 20.7 Å². The summed E-state index contributed by atoms with van der Waals surface area (Å²) in [5.41, 5.74) is 0.676. The van der Waals surface area contributed by atoms with E-state index >= 15 is 0 Å². The molecule has 20 heavy (non-hydrogen) atoms. The minimum atomic E-state index is -0.289. The van der Waals surface area contributed by atoms with Gasteiger partial charge in [0.25, 0.3) is 5.91 Å². The molecule has 0 aliphatic carbocycles. The molecule has 6 nitrogen and oxygen atoms in total. The van der Waals surface area contributed by atoms with Gasteiger partial charge in [-0.25, -0.2) is 0 Å². The molecule has 3 rings (SSSR count). The summed E-state index contributed by atoms with van der Waals surface area (Å²) in [6, 6.07) is 8.68. The summed E-state index contributed by atoms with van der Waals surface area (Å²) in [6.07, 6.45) is 6.75. The van der Waals surface area contributed by atoms with E-state index in [1.807, 2.05) is 12.3 Å². The summed E-state index contributed by atoms with van der Waals surface area (Å²) < 4.78 is 7.23. The first-order chi connectivity index (χ1) is 9.81. The lowest BCUT2D eigenvalue weighted by molar-refractivity contribution is 0.0994. The van der Waals surface area contributed by atoms with Crippen LogP contribution >= 0.6 is 0 Å². The van der Waals surface area contributed by atoms with Crippen molar-refractivity contribution in [3.63, 3.8) is 0 Å². The third kappa shape index (κ3) is 2.74. The average Bonchev–Trinajstić information content (AvgIpc) is 3.12. The highest BCUT2D eigenvalue weighted by molar-refractivity contribution is 6.02. The number of carbonyl (C=O) groups excluding carboxylic acids is 1. The summed E-state index contributed by atoms with van der Waals surface area (Å²) in [4.78, 5) is 15.9. The van der Waals surface area contributed by atoms with Crippen molar-refractivity contribution < 1.29 is 9.21 Å². The number of furan rings is 1. The molecule has 0 fully saturated rings. The largest absolute Gasteiger partial charge is 0.454 e. The predicted molar refractivity (Wildman–Crippen MR) is 72.2 cm³/mol. The first kappa shape index (κ1) is 12.2. The molecule has 0 aliphatic rings. The molecule has 0 unspecified atom stereocenters. The predicted octanol–water partition coefficient (Wildman–Crippen LogP) is 2.17. The Bertz CT molecular complexity index is 689. The number of nitrogens with one attached hydrogen (secondary N) is 1.